The minimum Gasteiger partial charge on any atom is -0.393 e. The molecule has 76 heavy (non-hydrogen) atoms. The highest BCUT2D eigenvalue weighted by Crippen LogP contribution is 2.67. The Labute approximate surface area is 459 Å². The number of fused-ring (bicyclic) bond motifs is 5. The van der Waals surface area contributed by atoms with E-state index in [2.05, 4.69) is 47.5 Å². The lowest BCUT2D eigenvalue weighted by Gasteiger charge is -2.59. The number of benzene rings is 2. The van der Waals surface area contributed by atoms with Crippen molar-refractivity contribution in [3.63, 3.8) is 0 Å². The normalized spacial score (nSPS) is 25.0. The van der Waals surface area contributed by atoms with E-state index >= 15 is 0 Å². The fourth-order valence-corrected chi connectivity index (χ4v) is 14.9. The van der Waals surface area contributed by atoms with Gasteiger partial charge in [-0.2, -0.15) is 0 Å². The molecule has 2 aromatic heterocycles. The van der Waals surface area contributed by atoms with Crippen LogP contribution in [0.25, 0.3) is 11.3 Å². The number of aliphatic hydroxyl groups excluding tert-OH is 1. The molecule has 4 aliphatic rings. The third kappa shape index (κ3) is 14.7. The van der Waals surface area contributed by atoms with E-state index < -0.39 is 21.3 Å². The number of nitrogens with one attached hydrogen (secondary N) is 1. The van der Waals surface area contributed by atoms with Crippen LogP contribution in [-0.2, 0) is 46.7 Å². The maximum absolute atomic E-state index is 13.1. The first-order valence-corrected chi connectivity index (χ1v) is 29.9. The van der Waals surface area contributed by atoms with E-state index in [-0.39, 0.29) is 58.0 Å². The predicted molar refractivity (Wildman–Crippen MR) is 294 cm³/mol. The van der Waals surface area contributed by atoms with E-state index in [4.69, 9.17) is 46.9 Å². The van der Waals surface area contributed by atoms with Crippen molar-refractivity contribution in [3.8, 4) is 11.3 Å². The van der Waals surface area contributed by atoms with E-state index in [0.717, 1.165) is 75.8 Å². The molecule has 0 saturated heterocycles. The second kappa shape index (κ2) is 26.9. The third-order valence-corrected chi connectivity index (χ3v) is 19.5. The average molecular weight is 1110 g/mol. The van der Waals surface area contributed by atoms with Crippen molar-refractivity contribution in [1.82, 2.24) is 20.0 Å². The summed E-state index contributed by atoms with van der Waals surface area (Å²) in [6.45, 7) is 11.3. The van der Waals surface area contributed by atoms with Gasteiger partial charge in [-0.05, 0) is 154 Å². The van der Waals surface area contributed by atoms with Gasteiger partial charge in [0.05, 0.1) is 116 Å². The Kier molecular flexibility index (Phi) is 20.6. The zero-order chi connectivity index (χ0) is 53.8. The summed E-state index contributed by atoms with van der Waals surface area (Å²) in [5.41, 5.74) is 3.97. The van der Waals surface area contributed by atoms with Crippen LogP contribution < -0.4 is 5.32 Å². The van der Waals surface area contributed by atoms with Gasteiger partial charge < -0.3 is 39.2 Å². The van der Waals surface area contributed by atoms with Gasteiger partial charge in [0.1, 0.15) is 5.69 Å². The lowest BCUT2D eigenvalue weighted by molar-refractivity contribution is -0.105. The lowest BCUT2D eigenvalue weighted by atomic mass is 9.46. The first kappa shape index (κ1) is 58.3. The van der Waals surface area contributed by atoms with E-state index in [9.17, 15) is 23.4 Å². The van der Waals surface area contributed by atoms with Gasteiger partial charge in [0.25, 0.3) is 5.91 Å². The van der Waals surface area contributed by atoms with Crippen molar-refractivity contribution in [2.45, 2.75) is 134 Å². The van der Waals surface area contributed by atoms with Crippen molar-refractivity contribution in [3.05, 3.63) is 99.9 Å². The molecule has 4 aliphatic carbocycles. The molecule has 3 fully saturated rings. The predicted octanol–water partition coefficient (Wildman–Crippen LogP) is 10.6. The number of carbonyl (C=O) groups is 1. The third-order valence-electron chi connectivity index (χ3n) is 17.2. The monoisotopic (exact) mass is 1110 g/mol. The van der Waals surface area contributed by atoms with Gasteiger partial charge in [0.2, 0.25) is 0 Å². The minimum absolute atomic E-state index is 0.00412. The van der Waals surface area contributed by atoms with Crippen molar-refractivity contribution < 1.29 is 47.1 Å². The smallest absolute Gasteiger partial charge is 0.257 e. The number of carbonyl (C=O) groups excluding carboxylic acids is 1. The Bertz CT molecular complexity index is 2670. The second-order valence-electron chi connectivity index (χ2n) is 22.2. The lowest BCUT2D eigenvalue weighted by Crippen LogP contribution is -2.53. The number of aliphatic hydroxyl groups is 2. The molecule has 0 radical (unpaired) electrons. The number of ether oxygens (including phenoxy) is 5. The number of hydrogen-bond acceptors (Lipinski definition) is 13. The molecule has 0 aliphatic heterocycles. The van der Waals surface area contributed by atoms with Crippen LogP contribution in [0.15, 0.2) is 83.5 Å². The van der Waals surface area contributed by atoms with Crippen LogP contribution in [0.5, 0.6) is 0 Å². The number of allylic oxidation sites excluding steroid dienone is 1. The summed E-state index contributed by atoms with van der Waals surface area (Å²) in [6, 6.07) is 14.5. The number of halogens is 2. The number of amides is 1. The van der Waals surface area contributed by atoms with E-state index in [1.54, 1.807) is 35.1 Å². The van der Waals surface area contributed by atoms with Crippen molar-refractivity contribution in [2.24, 2.45) is 34.5 Å². The summed E-state index contributed by atoms with van der Waals surface area (Å²) in [5, 5.41) is 33.9. The maximum Gasteiger partial charge on any atom is 0.257 e. The average Bonchev–Trinajstić information content (AvgIpc) is 4.09. The zero-order valence-corrected chi connectivity index (χ0v) is 46.9. The molecular formula is C58H79Cl2N5O10S. The number of nitrogens with zero attached hydrogens (tertiary/aromatic N) is 4. The highest BCUT2D eigenvalue weighted by atomic mass is 35.5. The molecule has 2 aromatic carbocycles. The number of unbranched alkanes of at least 4 members (excludes halogenated alkanes) is 3. The van der Waals surface area contributed by atoms with Gasteiger partial charge >= 0.3 is 0 Å². The Morgan fingerprint density at radius 3 is 2.36 bits per heavy atom. The molecule has 416 valence electrons. The number of hydrogen-bond donors (Lipinski definition) is 3. The van der Waals surface area contributed by atoms with E-state index in [1.165, 1.54) is 43.0 Å². The Morgan fingerprint density at radius 2 is 1.58 bits per heavy atom. The van der Waals surface area contributed by atoms with Crippen molar-refractivity contribution >= 4 is 44.6 Å². The molecule has 2 unspecified atom stereocenters. The Hall–Kier alpha value is -3.81. The van der Waals surface area contributed by atoms with Gasteiger partial charge in [0.15, 0.2) is 9.84 Å². The Balaban J connectivity index is 0.603. The quantitative estimate of drug-likeness (QED) is 0.0344. The van der Waals surface area contributed by atoms with Crippen LogP contribution >= 0.6 is 23.2 Å². The molecular weight excluding hydrogens is 1030 g/mol. The largest absolute Gasteiger partial charge is 0.393 e. The number of rotatable bonds is 29. The number of anilines is 1. The summed E-state index contributed by atoms with van der Waals surface area (Å²) in [6.07, 6.45) is 19.9. The molecule has 8 atom stereocenters. The molecule has 3 N–H and O–H groups in total. The van der Waals surface area contributed by atoms with E-state index in [1.807, 2.05) is 18.3 Å². The second-order valence-corrected chi connectivity index (χ2v) is 25.1. The number of aromatic nitrogens is 4. The summed E-state index contributed by atoms with van der Waals surface area (Å²) >= 11 is 12.8. The molecule has 0 bridgehead atoms. The Morgan fingerprint density at radius 1 is 0.829 bits per heavy atom. The first-order valence-electron chi connectivity index (χ1n) is 27.5. The van der Waals surface area contributed by atoms with Crippen molar-refractivity contribution in [1.29, 1.82) is 0 Å². The SMILES string of the molecule is CC(O)(CCCCCCOCCOCc1cn(CCOCCOCCOCCS(=O)(=O)c2ccc(C(=O)Nc3ccc(Cl)c(-c4ccccn4)c3)c(Cl)c2)nn1)C1CC[C@H]2[C@@H]3CC=C4C[C@@H](O)CC[C@]4(C)[C@H]3CC[C@]12C. The molecule has 15 nitrogen and oxygen atoms in total. The highest BCUT2D eigenvalue weighted by molar-refractivity contribution is 7.91. The number of pyridine rings is 1. The van der Waals surface area contributed by atoms with Crippen LogP contribution in [0.4, 0.5) is 5.69 Å². The topological polar surface area (TPSA) is 193 Å². The van der Waals surface area contributed by atoms with Gasteiger partial charge in [-0.25, -0.2) is 13.1 Å². The summed E-state index contributed by atoms with van der Waals surface area (Å²) in [5.74, 6) is 1.70. The molecule has 0 spiro atoms. The number of sulfone groups is 1. The molecule has 8 rings (SSSR count). The molecule has 18 heteroatoms. The first-order chi connectivity index (χ1) is 36.6. The molecule has 4 aromatic rings. The van der Waals surface area contributed by atoms with Gasteiger partial charge in [-0.1, -0.05) is 79.2 Å². The summed E-state index contributed by atoms with van der Waals surface area (Å²) in [4.78, 5) is 17.4. The standard InChI is InChI=1S/C58H79Cl2N5O10S/c1-56-22-19-44(66)36-41(56)11-14-46-49-16-18-54(57(49,2)23-20-50(46)56)58(3,68)21-7-4-5-9-26-71-32-33-75-40-43-39-65(64-63-43)25-27-72-28-29-73-30-31-74-34-35-76(69,70)45-13-15-47(52(60)38-45)55(67)62-42-12-17-51(59)48(37-42)53-10-6-8-24-61-53/h6,8,10-13,15,17,24,37-39,44,46,49-50,54,66,68H,4-5,7,9,14,16,18-23,25-36,40H2,1-3H3,(H,62,67)/t44-,46-,49-,50-,54?,56-,57-,58?/m0/s1. The zero-order valence-electron chi connectivity index (χ0n) is 44.6. The summed E-state index contributed by atoms with van der Waals surface area (Å²) in [7, 11) is -3.74. The van der Waals surface area contributed by atoms with E-state index in [0.29, 0.717) is 92.5 Å². The van der Waals surface area contributed by atoms with Crippen LogP contribution in [-0.4, -0.2) is 121 Å². The molecule has 2 heterocycles. The van der Waals surface area contributed by atoms with Crippen LogP contribution in [0.3, 0.4) is 0 Å². The fourth-order valence-electron chi connectivity index (χ4n) is 13.2. The highest BCUT2D eigenvalue weighted by Gasteiger charge is 2.61. The van der Waals surface area contributed by atoms with Gasteiger partial charge in [0, 0.05) is 24.1 Å². The fraction of sp³-hybridized carbons (Fsp3) is 0.621. The van der Waals surface area contributed by atoms with Gasteiger partial charge in [-0.15, -0.1) is 5.10 Å². The van der Waals surface area contributed by atoms with Crippen molar-refractivity contribution in [2.75, 3.05) is 70.5 Å². The molecule has 3 saturated carbocycles. The van der Waals surface area contributed by atoms with Crippen LogP contribution in [0, 0.1) is 34.5 Å². The molecule has 1 amide bonds. The van der Waals surface area contributed by atoms with Crippen LogP contribution in [0.2, 0.25) is 10.0 Å². The van der Waals surface area contributed by atoms with Crippen LogP contribution in [0.1, 0.15) is 120 Å². The van der Waals surface area contributed by atoms with Gasteiger partial charge in [-0.3, -0.25) is 9.78 Å². The minimum atomic E-state index is -3.74. The maximum atomic E-state index is 13.1. The summed E-state index contributed by atoms with van der Waals surface area (Å²) < 4.78 is 56.1.